The zero-order chi connectivity index (χ0) is 17.8. The lowest BCUT2D eigenvalue weighted by Crippen LogP contribution is -2.13. The number of hydrogen-bond donors (Lipinski definition) is 1. The van der Waals surface area contributed by atoms with Crippen molar-refractivity contribution in [2.24, 2.45) is 0 Å². The second-order valence-electron chi connectivity index (χ2n) is 5.93. The number of hydrogen-bond acceptors (Lipinski definition) is 4. The van der Waals surface area contributed by atoms with Crippen LogP contribution >= 0.6 is 11.6 Å². The van der Waals surface area contributed by atoms with E-state index in [-0.39, 0.29) is 22.4 Å². The zero-order valence-electron chi connectivity index (χ0n) is 13.4. The van der Waals surface area contributed by atoms with Crippen LogP contribution in [0.15, 0.2) is 42.5 Å². The number of anilines is 1. The van der Waals surface area contributed by atoms with Crippen LogP contribution in [0.25, 0.3) is 0 Å². The quantitative estimate of drug-likeness (QED) is 0.612. The lowest BCUT2D eigenvalue weighted by atomic mass is 10.2. The molecular weight excluding hydrogens is 344 g/mol. The summed E-state index contributed by atoms with van der Waals surface area (Å²) in [5, 5.41) is 13.6. The van der Waals surface area contributed by atoms with Gasteiger partial charge in [-0.05, 0) is 62.1 Å². The van der Waals surface area contributed by atoms with Gasteiger partial charge in [0.15, 0.2) is 0 Å². The van der Waals surface area contributed by atoms with Crippen LogP contribution in [-0.2, 0) is 0 Å². The predicted octanol–water partition coefficient (Wildman–Crippen LogP) is 4.82. The van der Waals surface area contributed by atoms with Gasteiger partial charge in [0.2, 0.25) is 0 Å². The van der Waals surface area contributed by atoms with Gasteiger partial charge in [0, 0.05) is 17.3 Å². The summed E-state index contributed by atoms with van der Waals surface area (Å²) in [5.41, 5.74) is 0.457. The number of benzene rings is 2. The molecule has 1 amide bonds. The van der Waals surface area contributed by atoms with Crippen LogP contribution in [-0.4, -0.2) is 16.9 Å². The summed E-state index contributed by atoms with van der Waals surface area (Å²) in [5.74, 6) is 0.330. The van der Waals surface area contributed by atoms with Gasteiger partial charge < -0.3 is 10.1 Å². The van der Waals surface area contributed by atoms with Crippen molar-refractivity contribution in [1.29, 1.82) is 0 Å². The third-order valence-electron chi connectivity index (χ3n) is 4.12. The molecule has 2 aromatic rings. The monoisotopic (exact) mass is 360 g/mol. The molecule has 1 aliphatic rings. The first kappa shape index (κ1) is 17.2. The van der Waals surface area contributed by atoms with Gasteiger partial charge in [-0.1, -0.05) is 11.6 Å². The lowest BCUT2D eigenvalue weighted by molar-refractivity contribution is -0.384. The van der Waals surface area contributed by atoms with E-state index in [0.717, 1.165) is 24.7 Å². The van der Waals surface area contributed by atoms with E-state index in [9.17, 15) is 14.9 Å². The summed E-state index contributed by atoms with van der Waals surface area (Å²) in [6.07, 6.45) is 4.83. The fourth-order valence-corrected chi connectivity index (χ4v) is 3.00. The molecule has 0 unspecified atom stereocenters. The van der Waals surface area contributed by atoms with Gasteiger partial charge in [-0.3, -0.25) is 14.9 Å². The number of ether oxygens (including phenoxy) is 1. The molecule has 0 radical (unpaired) electrons. The smallest absolute Gasteiger partial charge is 0.288 e. The minimum absolute atomic E-state index is 0.00466. The molecule has 3 rings (SSSR count). The molecule has 0 bridgehead atoms. The molecule has 2 aromatic carbocycles. The molecule has 0 heterocycles. The number of amides is 1. The molecule has 130 valence electrons. The molecule has 1 saturated carbocycles. The Labute approximate surface area is 149 Å². The highest BCUT2D eigenvalue weighted by atomic mass is 35.5. The van der Waals surface area contributed by atoms with E-state index in [1.807, 2.05) is 0 Å². The number of nitrogens with one attached hydrogen (secondary N) is 1. The molecule has 1 N–H and O–H groups in total. The summed E-state index contributed by atoms with van der Waals surface area (Å²) < 4.78 is 5.87. The Morgan fingerprint density at radius 2 is 1.84 bits per heavy atom. The first-order valence-electron chi connectivity index (χ1n) is 8.05. The largest absolute Gasteiger partial charge is 0.490 e. The summed E-state index contributed by atoms with van der Waals surface area (Å²) in [6.45, 7) is 0. The van der Waals surface area contributed by atoms with Gasteiger partial charge in [-0.25, -0.2) is 0 Å². The van der Waals surface area contributed by atoms with Crippen LogP contribution in [0.1, 0.15) is 36.0 Å². The standard InChI is InChI=1S/C18H17ClN2O4/c19-16-10-5-12(11-17(16)21(23)24)18(22)20-13-6-8-15(9-7-13)25-14-3-1-2-4-14/h5-11,14H,1-4H2,(H,20,22). The number of nitrogens with zero attached hydrogens (tertiary/aromatic N) is 1. The topological polar surface area (TPSA) is 81.5 Å². The molecule has 0 aliphatic heterocycles. The Morgan fingerprint density at radius 1 is 1.16 bits per heavy atom. The van der Waals surface area contributed by atoms with E-state index in [2.05, 4.69) is 5.32 Å². The Hall–Kier alpha value is -2.60. The van der Waals surface area contributed by atoms with Gasteiger partial charge in [0.05, 0.1) is 11.0 Å². The maximum Gasteiger partial charge on any atom is 0.288 e. The number of rotatable bonds is 5. The van der Waals surface area contributed by atoms with Crippen molar-refractivity contribution in [2.75, 3.05) is 5.32 Å². The first-order valence-corrected chi connectivity index (χ1v) is 8.43. The van der Waals surface area contributed by atoms with Crippen LogP contribution in [0.2, 0.25) is 5.02 Å². The van der Waals surface area contributed by atoms with E-state index < -0.39 is 10.8 Å². The summed E-state index contributed by atoms with van der Waals surface area (Å²) in [6, 6.07) is 11.0. The fraction of sp³-hybridized carbons (Fsp3) is 0.278. The molecule has 25 heavy (non-hydrogen) atoms. The van der Waals surface area contributed by atoms with Crippen molar-refractivity contribution >= 4 is 28.9 Å². The van der Waals surface area contributed by atoms with Crippen LogP contribution in [0, 0.1) is 10.1 Å². The average Bonchev–Trinajstić information content (AvgIpc) is 3.09. The molecule has 1 aliphatic carbocycles. The SMILES string of the molecule is O=C(Nc1ccc(OC2CCCC2)cc1)c1ccc(Cl)c([N+](=O)[O-])c1. The van der Waals surface area contributed by atoms with Crippen molar-refractivity contribution < 1.29 is 14.5 Å². The Kier molecular flexibility index (Phi) is 5.19. The van der Waals surface area contributed by atoms with Crippen molar-refractivity contribution in [1.82, 2.24) is 0 Å². The number of halogens is 1. The van der Waals surface area contributed by atoms with E-state index in [1.165, 1.54) is 25.0 Å². The molecular formula is C18H17ClN2O4. The van der Waals surface area contributed by atoms with Gasteiger partial charge in [-0.2, -0.15) is 0 Å². The molecule has 0 aromatic heterocycles. The highest BCUT2D eigenvalue weighted by Crippen LogP contribution is 2.27. The van der Waals surface area contributed by atoms with Gasteiger partial charge in [0.25, 0.3) is 11.6 Å². The number of carbonyl (C=O) groups excluding carboxylic acids is 1. The molecule has 7 heteroatoms. The number of carbonyl (C=O) groups is 1. The third-order valence-corrected chi connectivity index (χ3v) is 4.44. The van der Waals surface area contributed by atoms with Crippen molar-refractivity contribution in [2.45, 2.75) is 31.8 Å². The highest BCUT2D eigenvalue weighted by molar-refractivity contribution is 6.32. The molecule has 0 atom stereocenters. The zero-order valence-corrected chi connectivity index (χ0v) is 14.2. The van der Waals surface area contributed by atoms with Crippen LogP contribution in [0.3, 0.4) is 0 Å². The number of nitro groups is 1. The van der Waals surface area contributed by atoms with Crippen molar-refractivity contribution in [3.05, 3.63) is 63.2 Å². The third kappa shape index (κ3) is 4.28. The predicted molar refractivity (Wildman–Crippen MR) is 95.4 cm³/mol. The maximum absolute atomic E-state index is 12.3. The second kappa shape index (κ2) is 7.53. The van der Waals surface area contributed by atoms with Gasteiger partial charge >= 0.3 is 0 Å². The molecule has 6 nitrogen and oxygen atoms in total. The number of nitro benzene ring substituents is 1. The van der Waals surface area contributed by atoms with Gasteiger partial charge in [0.1, 0.15) is 10.8 Å². The Balaban J connectivity index is 1.66. The minimum atomic E-state index is -0.617. The fourth-order valence-electron chi connectivity index (χ4n) is 2.81. The van der Waals surface area contributed by atoms with E-state index in [0.29, 0.717) is 5.69 Å². The second-order valence-corrected chi connectivity index (χ2v) is 6.33. The van der Waals surface area contributed by atoms with Gasteiger partial charge in [-0.15, -0.1) is 0 Å². The Morgan fingerprint density at radius 3 is 2.48 bits per heavy atom. The van der Waals surface area contributed by atoms with Crippen molar-refractivity contribution in [3.63, 3.8) is 0 Å². The molecule has 1 fully saturated rings. The van der Waals surface area contributed by atoms with E-state index >= 15 is 0 Å². The highest BCUT2D eigenvalue weighted by Gasteiger charge is 2.17. The lowest BCUT2D eigenvalue weighted by Gasteiger charge is -2.13. The molecule has 0 saturated heterocycles. The van der Waals surface area contributed by atoms with Crippen LogP contribution in [0.5, 0.6) is 5.75 Å². The van der Waals surface area contributed by atoms with E-state index in [1.54, 1.807) is 24.3 Å². The summed E-state index contributed by atoms with van der Waals surface area (Å²) >= 11 is 5.76. The average molecular weight is 361 g/mol. The maximum atomic E-state index is 12.3. The minimum Gasteiger partial charge on any atom is -0.490 e. The summed E-state index contributed by atoms with van der Waals surface area (Å²) in [4.78, 5) is 22.5. The first-order chi connectivity index (χ1) is 12.0. The Bertz CT molecular complexity index is 786. The van der Waals surface area contributed by atoms with Crippen molar-refractivity contribution in [3.8, 4) is 5.75 Å². The summed E-state index contributed by atoms with van der Waals surface area (Å²) in [7, 11) is 0. The van der Waals surface area contributed by atoms with Crippen LogP contribution in [0.4, 0.5) is 11.4 Å². The van der Waals surface area contributed by atoms with E-state index in [4.69, 9.17) is 16.3 Å². The molecule has 0 spiro atoms. The normalized spacial score (nSPS) is 14.3. The van der Waals surface area contributed by atoms with Crippen LogP contribution < -0.4 is 10.1 Å².